The number of hydrogen-bond donors (Lipinski definition) is 0. The van der Waals surface area contributed by atoms with Gasteiger partial charge in [0.25, 0.3) is 0 Å². The molecule has 0 aliphatic carbocycles. The highest BCUT2D eigenvalue weighted by Crippen LogP contribution is 2.20. The van der Waals surface area contributed by atoms with Crippen molar-refractivity contribution >= 4 is 17.1 Å². The molecule has 2 aromatic heterocycles. The number of benzene rings is 1. The molecule has 2 heterocycles. The molecule has 0 radical (unpaired) electrons. The summed E-state index contributed by atoms with van der Waals surface area (Å²) in [6, 6.07) is 9.43. The average molecular weight is 325 g/mol. The molecule has 1 atom stereocenters. The number of aryl methyl sites for hydroxylation is 1. The van der Waals surface area contributed by atoms with Crippen LogP contribution < -0.4 is 4.74 Å². The Hall–Kier alpha value is -2.89. The normalized spacial score (nSPS) is 12.1. The van der Waals surface area contributed by atoms with Gasteiger partial charge in [-0.25, -0.2) is 14.8 Å². The van der Waals surface area contributed by atoms with Crippen molar-refractivity contribution in [2.75, 3.05) is 13.7 Å². The van der Waals surface area contributed by atoms with Gasteiger partial charge in [0, 0.05) is 19.2 Å². The third kappa shape index (κ3) is 3.22. The van der Waals surface area contributed by atoms with Crippen LogP contribution in [0.15, 0.2) is 42.9 Å². The van der Waals surface area contributed by atoms with E-state index < -0.39 is 5.97 Å². The molecule has 0 spiro atoms. The number of imidazole rings is 1. The standard InChI is InChI=1S/C18H19N3O3/c1-12(13-4-6-15(23-3)7-5-13)10-24-18(22)14-8-16-17(19-9-14)21(2)11-20-16/h4-9,11-12H,10H2,1-3H3/t12-/m1/s1. The topological polar surface area (TPSA) is 66.2 Å². The fourth-order valence-electron chi connectivity index (χ4n) is 2.44. The van der Waals surface area contributed by atoms with Gasteiger partial charge in [-0.15, -0.1) is 0 Å². The number of methoxy groups -OCH3 is 1. The molecular formula is C18H19N3O3. The summed E-state index contributed by atoms with van der Waals surface area (Å²) in [5.41, 5.74) is 2.90. The fraction of sp³-hybridized carbons (Fsp3) is 0.278. The zero-order valence-corrected chi connectivity index (χ0v) is 13.9. The van der Waals surface area contributed by atoms with Gasteiger partial charge in [-0.05, 0) is 23.8 Å². The number of ether oxygens (including phenoxy) is 2. The molecule has 0 saturated carbocycles. The van der Waals surface area contributed by atoms with Crippen molar-refractivity contribution in [3.63, 3.8) is 0 Å². The maximum atomic E-state index is 12.2. The Morgan fingerprint density at radius 3 is 2.71 bits per heavy atom. The predicted molar refractivity (Wildman–Crippen MR) is 90.2 cm³/mol. The van der Waals surface area contributed by atoms with E-state index in [1.54, 1.807) is 24.1 Å². The summed E-state index contributed by atoms with van der Waals surface area (Å²) >= 11 is 0. The van der Waals surface area contributed by atoms with Gasteiger partial charge in [-0.2, -0.15) is 0 Å². The molecule has 6 nitrogen and oxygen atoms in total. The van der Waals surface area contributed by atoms with Gasteiger partial charge >= 0.3 is 5.97 Å². The molecule has 0 N–H and O–H groups in total. The van der Waals surface area contributed by atoms with Crippen LogP contribution in [0.2, 0.25) is 0 Å². The summed E-state index contributed by atoms with van der Waals surface area (Å²) in [4.78, 5) is 20.7. The Morgan fingerprint density at radius 1 is 1.25 bits per heavy atom. The Bertz CT molecular complexity index is 856. The van der Waals surface area contributed by atoms with Crippen molar-refractivity contribution in [3.05, 3.63) is 54.0 Å². The number of fused-ring (bicyclic) bond motifs is 1. The van der Waals surface area contributed by atoms with Crippen LogP contribution in [0.1, 0.15) is 28.8 Å². The lowest BCUT2D eigenvalue weighted by Crippen LogP contribution is -2.11. The monoisotopic (exact) mass is 325 g/mol. The highest BCUT2D eigenvalue weighted by molar-refractivity contribution is 5.92. The van der Waals surface area contributed by atoms with Gasteiger partial charge in [0.15, 0.2) is 5.65 Å². The minimum atomic E-state index is -0.393. The summed E-state index contributed by atoms with van der Waals surface area (Å²) < 4.78 is 12.4. The first-order chi connectivity index (χ1) is 11.6. The van der Waals surface area contributed by atoms with Crippen LogP contribution in [0.3, 0.4) is 0 Å². The van der Waals surface area contributed by atoms with Gasteiger partial charge in [0.05, 0.1) is 25.6 Å². The van der Waals surface area contributed by atoms with Crippen LogP contribution in [0.5, 0.6) is 5.75 Å². The molecule has 0 amide bonds. The first-order valence-electron chi connectivity index (χ1n) is 7.66. The van der Waals surface area contributed by atoms with E-state index >= 15 is 0 Å². The molecule has 0 bridgehead atoms. The molecule has 3 rings (SSSR count). The maximum absolute atomic E-state index is 12.2. The van der Waals surface area contributed by atoms with Gasteiger partial charge in [0.1, 0.15) is 11.3 Å². The van der Waals surface area contributed by atoms with Crippen molar-refractivity contribution in [1.29, 1.82) is 0 Å². The second-order valence-electron chi connectivity index (χ2n) is 5.69. The highest BCUT2D eigenvalue weighted by Gasteiger charge is 2.13. The number of aromatic nitrogens is 3. The molecular weight excluding hydrogens is 306 g/mol. The SMILES string of the molecule is COc1ccc([C@H](C)COC(=O)c2cnc3c(c2)ncn3C)cc1. The summed E-state index contributed by atoms with van der Waals surface area (Å²) in [5, 5.41) is 0. The molecule has 1 aromatic carbocycles. The van der Waals surface area contributed by atoms with Crippen molar-refractivity contribution < 1.29 is 14.3 Å². The quantitative estimate of drug-likeness (QED) is 0.675. The van der Waals surface area contributed by atoms with Crippen molar-refractivity contribution in [1.82, 2.24) is 14.5 Å². The van der Waals surface area contributed by atoms with Gasteiger partial charge < -0.3 is 14.0 Å². The molecule has 3 aromatic rings. The van der Waals surface area contributed by atoms with E-state index in [9.17, 15) is 4.79 Å². The van der Waals surface area contributed by atoms with Crippen LogP contribution >= 0.6 is 0 Å². The summed E-state index contributed by atoms with van der Waals surface area (Å²) in [6.07, 6.45) is 3.18. The molecule has 0 fully saturated rings. The summed E-state index contributed by atoms with van der Waals surface area (Å²) in [6.45, 7) is 2.31. The average Bonchev–Trinajstić information content (AvgIpc) is 3.00. The van der Waals surface area contributed by atoms with Crippen molar-refractivity contribution in [3.8, 4) is 5.75 Å². The first-order valence-corrected chi connectivity index (χ1v) is 7.66. The molecule has 0 aliphatic heterocycles. The fourth-order valence-corrected chi connectivity index (χ4v) is 2.44. The maximum Gasteiger partial charge on any atom is 0.339 e. The van der Waals surface area contributed by atoms with E-state index in [0.29, 0.717) is 17.7 Å². The number of nitrogens with zero attached hydrogens (tertiary/aromatic N) is 3. The Morgan fingerprint density at radius 2 is 2.00 bits per heavy atom. The van der Waals surface area contributed by atoms with Gasteiger partial charge in [0.2, 0.25) is 0 Å². The van der Waals surface area contributed by atoms with E-state index in [-0.39, 0.29) is 5.92 Å². The number of esters is 1. The summed E-state index contributed by atoms with van der Waals surface area (Å²) in [5.74, 6) is 0.500. The van der Waals surface area contributed by atoms with Crippen molar-refractivity contribution in [2.24, 2.45) is 7.05 Å². The number of hydrogen-bond acceptors (Lipinski definition) is 5. The Balaban J connectivity index is 1.64. The van der Waals surface area contributed by atoms with Gasteiger partial charge in [-0.1, -0.05) is 19.1 Å². The molecule has 6 heteroatoms. The van der Waals surface area contributed by atoms with E-state index in [0.717, 1.165) is 17.0 Å². The summed E-state index contributed by atoms with van der Waals surface area (Å²) in [7, 11) is 3.49. The molecule has 0 aliphatic rings. The molecule has 0 unspecified atom stereocenters. The zero-order valence-electron chi connectivity index (χ0n) is 13.9. The third-order valence-corrected chi connectivity index (χ3v) is 3.94. The molecule has 24 heavy (non-hydrogen) atoms. The Labute approximate surface area is 140 Å². The van der Waals surface area contributed by atoms with E-state index in [2.05, 4.69) is 9.97 Å². The Kier molecular flexibility index (Phi) is 4.46. The van der Waals surface area contributed by atoms with Gasteiger partial charge in [-0.3, -0.25) is 0 Å². The first kappa shape index (κ1) is 16.0. The van der Waals surface area contributed by atoms with Crippen LogP contribution in [0, 0.1) is 0 Å². The molecule has 0 saturated heterocycles. The van der Waals surface area contributed by atoms with Crippen molar-refractivity contribution in [2.45, 2.75) is 12.8 Å². The molecule has 124 valence electrons. The number of carbonyl (C=O) groups is 1. The number of pyridine rings is 1. The smallest absolute Gasteiger partial charge is 0.339 e. The lowest BCUT2D eigenvalue weighted by atomic mass is 10.0. The zero-order chi connectivity index (χ0) is 17.1. The van der Waals surface area contributed by atoms with Crippen LogP contribution in [-0.4, -0.2) is 34.2 Å². The third-order valence-electron chi connectivity index (χ3n) is 3.94. The lowest BCUT2D eigenvalue weighted by molar-refractivity contribution is 0.0485. The lowest BCUT2D eigenvalue weighted by Gasteiger charge is -2.13. The minimum absolute atomic E-state index is 0.0893. The second-order valence-corrected chi connectivity index (χ2v) is 5.69. The minimum Gasteiger partial charge on any atom is -0.497 e. The van der Waals surface area contributed by atoms with E-state index in [4.69, 9.17) is 9.47 Å². The van der Waals surface area contributed by atoms with Crippen LogP contribution in [-0.2, 0) is 11.8 Å². The van der Waals surface area contributed by atoms with Crippen LogP contribution in [0.4, 0.5) is 0 Å². The number of carbonyl (C=O) groups excluding carboxylic acids is 1. The second kappa shape index (κ2) is 6.70. The number of rotatable bonds is 5. The van der Waals surface area contributed by atoms with Crippen LogP contribution in [0.25, 0.3) is 11.2 Å². The predicted octanol–water partition coefficient (Wildman–Crippen LogP) is 2.94. The van der Waals surface area contributed by atoms with E-state index in [1.165, 1.54) is 6.20 Å². The van der Waals surface area contributed by atoms with E-state index in [1.807, 2.05) is 38.2 Å². The largest absolute Gasteiger partial charge is 0.497 e. The highest BCUT2D eigenvalue weighted by atomic mass is 16.5.